The van der Waals surface area contributed by atoms with E-state index in [1.807, 2.05) is 6.20 Å². The van der Waals surface area contributed by atoms with Crippen LogP contribution in [0.25, 0.3) is 5.57 Å². The zero-order valence-electron chi connectivity index (χ0n) is 10.1. The number of fused-ring (bicyclic) bond motifs is 1. The van der Waals surface area contributed by atoms with Gasteiger partial charge in [-0.25, -0.2) is 0 Å². The van der Waals surface area contributed by atoms with Crippen molar-refractivity contribution in [2.24, 2.45) is 5.92 Å². The van der Waals surface area contributed by atoms with Crippen LogP contribution in [0.1, 0.15) is 24.8 Å². The van der Waals surface area contributed by atoms with Crippen molar-refractivity contribution in [3.05, 3.63) is 30.1 Å². The number of ether oxygens (including phenoxy) is 1. The largest absolute Gasteiger partial charge is 0.495 e. The van der Waals surface area contributed by atoms with Crippen molar-refractivity contribution in [3.8, 4) is 5.75 Å². The molecule has 3 nitrogen and oxygen atoms in total. The number of nitrogens with zero attached hydrogens (tertiary/aromatic N) is 1. The van der Waals surface area contributed by atoms with Crippen molar-refractivity contribution in [2.45, 2.75) is 25.3 Å². The van der Waals surface area contributed by atoms with E-state index in [2.05, 4.69) is 22.4 Å². The Morgan fingerprint density at radius 3 is 3.18 bits per heavy atom. The molecule has 0 saturated carbocycles. The maximum absolute atomic E-state index is 5.23. The molecular weight excluding hydrogens is 212 g/mol. The Balaban J connectivity index is 1.88. The summed E-state index contributed by atoms with van der Waals surface area (Å²) in [4.78, 5) is 4.23. The first-order chi connectivity index (χ1) is 8.36. The molecule has 1 aliphatic carbocycles. The predicted molar refractivity (Wildman–Crippen MR) is 67.9 cm³/mol. The van der Waals surface area contributed by atoms with E-state index < -0.39 is 0 Å². The Morgan fingerprint density at radius 1 is 1.35 bits per heavy atom. The zero-order chi connectivity index (χ0) is 11.7. The van der Waals surface area contributed by atoms with E-state index in [1.54, 1.807) is 13.3 Å². The molecule has 90 valence electrons. The maximum atomic E-state index is 5.23. The standard InChI is InChI=1S/C14H18N2O/c1-17-13-6-12(8-15-9-13)11-3-2-10-4-5-16-14(10)7-11/h6-10,14,16H,2-5H2,1H3/t10-,14-/m1/s1. The molecule has 3 rings (SSSR count). The third kappa shape index (κ3) is 2.07. The number of allylic oxidation sites excluding steroid dienone is 1. The van der Waals surface area contributed by atoms with Gasteiger partial charge in [-0.05, 0) is 48.9 Å². The molecule has 0 radical (unpaired) electrons. The molecule has 2 aliphatic rings. The molecular formula is C14H18N2O. The average molecular weight is 230 g/mol. The van der Waals surface area contributed by atoms with Crippen molar-refractivity contribution < 1.29 is 4.74 Å². The average Bonchev–Trinajstić information content (AvgIpc) is 2.86. The summed E-state index contributed by atoms with van der Waals surface area (Å²) in [6.07, 6.45) is 9.86. The minimum absolute atomic E-state index is 0.574. The van der Waals surface area contributed by atoms with Gasteiger partial charge >= 0.3 is 0 Å². The van der Waals surface area contributed by atoms with Crippen molar-refractivity contribution in [1.29, 1.82) is 0 Å². The van der Waals surface area contributed by atoms with E-state index in [9.17, 15) is 0 Å². The molecule has 3 heteroatoms. The smallest absolute Gasteiger partial charge is 0.137 e. The van der Waals surface area contributed by atoms with Crippen LogP contribution in [0.15, 0.2) is 24.5 Å². The number of hydrogen-bond donors (Lipinski definition) is 1. The van der Waals surface area contributed by atoms with Crippen molar-refractivity contribution in [2.75, 3.05) is 13.7 Å². The fourth-order valence-corrected chi connectivity index (χ4v) is 2.89. The van der Waals surface area contributed by atoms with Gasteiger partial charge in [-0.15, -0.1) is 0 Å². The van der Waals surface area contributed by atoms with Gasteiger partial charge in [0.25, 0.3) is 0 Å². The maximum Gasteiger partial charge on any atom is 0.137 e. The molecule has 0 bridgehead atoms. The van der Waals surface area contributed by atoms with Gasteiger partial charge < -0.3 is 10.1 Å². The second-order valence-electron chi connectivity index (χ2n) is 4.87. The topological polar surface area (TPSA) is 34.1 Å². The van der Waals surface area contributed by atoms with E-state index in [-0.39, 0.29) is 0 Å². The molecule has 1 fully saturated rings. The lowest BCUT2D eigenvalue weighted by atomic mass is 9.84. The Bertz CT molecular complexity index is 442. The molecule has 0 spiro atoms. The highest BCUT2D eigenvalue weighted by Gasteiger charge is 2.28. The van der Waals surface area contributed by atoms with Crippen molar-refractivity contribution in [1.82, 2.24) is 10.3 Å². The first kappa shape index (κ1) is 10.8. The zero-order valence-corrected chi connectivity index (χ0v) is 10.1. The molecule has 1 aromatic rings. The summed E-state index contributed by atoms with van der Waals surface area (Å²) in [5, 5.41) is 3.56. The van der Waals surface area contributed by atoms with Crippen LogP contribution >= 0.6 is 0 Å². The Hall–Kier alpha value is -1.35. The van der Waals surface area contributed by atoms with Gasteiger partial charge in [0, 0.05) is 12.2 Å². The second-order valence-corrected chi connectivity index (χ2v) is 4.87. The first-order valence-corrected chi connectivity index (χ1v) is 6.30. The summed E-state index contributed by atoms with van der Waals surface area (Å²) in [6, 6.07) is 2.65. The van der Waals surface area contributed by atoms with Gasteiger partial charge in [0.05, 0.1) is 13.3 Å². The van der Waals surface area contributed by atoms with Gasteiger partial charge in [-0.2, -0.15) is 0 Å². The highest BCUT2D eigenvalue weighted by Crippen LogP contribution is 2.34. The Kier molecular flexibility index (Phi) is 2.85. The summed E-state index contributed by atoms with van der Waals surface area (Å²) >= 11 is 0. The van der Waals surface area contributed by atoms with Crippen LogP contribution in [-0.2, 0) is 0 Å². The van der Waals surface area contributed by atoms with E-state index in [1.165, 1.54) is 24.0 Å². The van der Waals surface area contributed by atoms with Gasteiger partial charge in [0.2, 0.25) is 0 Å². The molecule has 0 aromatic carbocycles. The fourth-order valence-electron chi connectivity index (χ4n) is 2.89. The summed E-state index contributed by atoms with van der Waals surface area (Å²) < 4.78 is 5.23. The summed E-state index contributed by atoms with van der Waals surface area (Å²) in [5.41, 5.74) is 2.61. The van der Waals surface area contributed by atoms with Crippen molar-refractivity contribution in [3.63, 3.8) is 0 Å². The number of aromatic nitrogens is 1. The van der Waals surface area contributed by atoms with Gasteiger partial charge in [0.1, 0.15) is 5.75 Å². The SMILES string of the molecule is COc1cncc(C2=C[C@H]3NCC[C@H]3CC2)c1. The minimum atomic E-state index is 0.574. The van der Waals surface area contributed by atoms with E-state index in [4.69, 9.17) is 4.74 Å². The molecule has 17 heavy (non-hydrogen) atoms. The first-order valence-electron chi connectivity index (χ1n) is 6.30. The normalized spacial score (nSPS) is 27.5. The molecule has 0 amide bonds. The second kappa shape index (κ2) is 4.49. The molecule has 2 atom stereocenters. The third-order valence-corrected chi connectivity index (χ3v) is 3.89. The Labute approximate surface area is 102 Å². The molecule has 1 aliphatic heterocycles. The van der Waals surface area contributed by atoms with Crippen molar-refractivity contribution >= 4 is 5.57 Å². The van der Waals surface area contributed by atoms with Crippen LogP contribution < -0.4 is 10.1 Å². The van der Waals surface area contributed by atoms with Crippen LogP contribution in [-0.4, -0.2) is 24.7 Å². The predicted octanol–water partition coefficient (Wildman–Crippen LogP) is 2.25. The van der Waals surface area contributed by atoms with E-state index in [0.29, 0.717) is 6.04 Å². The summed E-state index contributed by atoms with van der Waals surface area (Å²) in [6.45, 7) is 1.16. The lowest BCUT2D eigenvalue weighted by Crippen LogP contribution is -2.27. The van der Waals surface area contributed by atoms with E-state index in [0.717, 1.165) is 24.6 Å². The van der Waals surface area contributed by atoms with Gasteiger partial charge in [-0.1, -0.05) is 6.08 Å². The van der Waals surface area contributed by atoms with E-state index >= 15 is 0 Å². The number of methoxy groups -OCH3 is 1. The van der Waals surface area contributed by atoms with Crippen LogP contribution in [0.2, 0.25) is 0 Å². The van der Waals surface area contributed by atoms with Crippen LogP contribution in [0.4, 0.5) is 0 Å². The monoisotopic (exact) mass is 230 g/mol. The van der Waals surface area contributed by atoms with Gasteiger partial charge in [0.15, 0.2) is 0 Å². The molecule has 1 N–H and O–H groups in total. The minimum Gasteiger partial charge on any atom is -0.495 e. The van der Waals surface area contributed by atoms with Crippen LogP contribution in [0.3, 0.4) is 0 Å². The highest BCUT2D eigenvalue weighted by atomic mass is 16.5. The third-order valence-electron chi connectivity index (χ3n) is 3.89. The van der Waals surface area contributed by atoms with Gasteiger partial charge in [-0.3, -0.25) is 4.98 Å². The van der Waals surface area contributed by atoms with Crippen LogP contribution in [0.5, 0.6) is 5.75 Å². The lowest BCUT2D eigenvalue weighted by molar-refractivity contribution is 0.412. The lowest BCUT2D eigenvalue weighted by Gasteiger charge is -2.24. The number of nitrogens with one attached hydrogen (secondary N) is 1. The summed E-state index contributed by atoms with van der Waals surface area (Å²) in [5.74, 6) is 1.68. The molecule has 1 saturated heterocycles. The fraction of sp³-hybridized carbons (Fsp3) is 0.500. The number of hydrogen-bond acceptors (Lipinski definition) is 3. The number of pyridine rings is 1. The molecule has 0 unspecified atom stereocenters. The Morgan fingerprint density at radius 2 is 2.29 bits per heavy atom. The highest BCUT2D eigenvalue weighted by molar-refractivity contribution is 5.67. The summed E-state index contributed by atoms with van der Waals surface area (Å²) in [7, 11) is 1.69. The molecule has 2 heterocycles. The molecule has 1 aromatic heterocycles. The quantitative estimate of drug-likeness (QED) is 0.846. The number of rotatable bonds is 2. The van der Waals surface area contributed by atoms with Crippen LogP contribution in [0, 0.1) is 5.92 Å².